The van der Waals surface area contributed by atoms with E-state index < -0.39 is 16.7 Å². The van der Waals surface area contributed by atoms with Crippen molar-refractivity contribution in [1.29, 1.82) is 0 Å². The number of nitro groups is 1. The summed E-state index contributed by atoms with van der Waals surface area (Å²) in [5.41, 5.74) is 0.637. The van der Waals surface area contributed by atoms with Crippen LogP contribution >= 0.6 is 0 Å². The van der Waals surface area contributed by atoms with Crippen LogP contribution in [0, 0.1) is 10.1 Å². The summed E-state index contributed by atoms with van der Waals surface area (Å²) in [5, 5.41) is 10.6. The smallest absolute Gasteiger partial charge is 0.368 e. The monoisotopic (exact) mass is 352 g/mol. The molecule has 1 aliphatic rings. The molecule has 1 saturated heterocycles. The Bertz CT molecular complexity index is 757. The normalized spacial score (nSPS) is 15.3. The first kappa shape index (κ1) is 17.0. The van der Waals surface area contributed by atoms with Crippen molar-refractivity contribution in [2.75, 3.05) is 36.0 Å². The molecule has 132 valence electrons. The Morgan fingerprint density at radius 3 is 2.16 bits per heavy atom. The molecule has 1 fully saturated rings. The third-order valence-corrected chi connectivity index (χ3v) is 4.10. The standard InChI is InChI=1S/C16H15F3N4O2/c17-16(18,19)12-2-1-3-13(10-12)21-6-8-22(9-7-21)14-4-5-15(20-11-14)23(24)25/h1-5,10-11H,6-9H2. The highest BCUT2D eigenvalue weighted by Gasteiger charge is 2.31. The minimum Gasteiger partial charge on any atom is -0.368 e. The molecule has 0 spiro atoms. The van der Waals surface area contributed by atoms with Crippen LogP contribution in [0.15, 0.2) is 42.6 Å². The molecule has 1 aliphatic heterocycles. The highest BCUT2D eigenvalue weighted by molar-refractivity contribution is 5.53. The predicted molar refractivity (Wildman–Crippen MR) is 86.8 cm³/mol. The van der Waals surface area contributed by atoms with Gasteiger partial charge in [0.2, 0.25) is 0 Å². The summed E-state index contributed by atoms with van der Waals surface area (Å²) in [6.45, 7) is 2.29. The maximum atomic E-state index is 12.8. The van der Waals surface area contributed by atoms with Crippen LogP contribution in [0.4, 0.5) is 30.4 Å². The van der Waals surface area contributed by atoms with Crippen molar-refractivity contribution in [2.45, 2.75) is 6.18 Å². The van der Waals surface area contributed by atoms with Crippen LogP contribution in [0.1, 0.15) is 5.56 Å². The van der Waals surface area contributed by atoms with Crippen molar-refractivity contribution in [3.05, 3.63) is 58.3 Å². The summed E-state index contributed by atoms with van der Waals surface area (Å²) in [7, 11) is 0. The summed E-state index contributed by atoms with van der Waals surface area (Å²) in [6.07, 6.45) is -2.92. The molecule has 0 amide bonds. The minimum atomic E-state index is -4.36. The molecular formula is C16H15F3N4O2. The van der Waals surface area contributed by atoms with Gasteiger partial charge in [0, 0.05) is 37.9 Å². The van der Waals surface area contributed by atoms with Gasteiger partial charge in [-0.3, -0.25) is 0 Å². The fourth-order valence-electron chi connectivity index (χ4n) is 2.78. The fraction of sp³-hybridized carbons (Fsp3) is 0.312. The lowest BCUT2D eigenvalue weighted by Crippen LogP contribution is -2.46. The van der Waals surface area contributed by atoms with E-state index in [1.54, 1.807) is 12.1 Å². The van der Waals surface area contributed by atoms with Crippen LogP contribution in [0.25, 0.3) is 0 Å². The maximum absolute atomic E-state index is 12.8. The molecule has 0 atom stereocenters. The quantitative estimate of drug-likeness (QED) is 0.626. The van der Waals surface area contributed by atoms with Crippen LogP contribution in [0.3, 0.4) is 0 Å². The molecule has 25 heavy (non-hydrogen) atoms. The second-order valence-electron chi connectivity index (χ2n) is 5.65. The summed E-state index contributed by atoms with van der Waals surface area (Å²) in [4.78, 5) is 17.8. The Morgan fingerprint density at radius 1 is 1.00 bits per heavy atom. The molecule has 2 heterocycles. The van der Waals surface area contributed by atoms with E-state index in [1.165, 1.54) is 18.3 Å². The first-order valence-corrected chi connectivity index (χ1v) is 7.62. The number of hydrogen-bond acceptors (Lipinski definition) is 5. The van der Waals surface area contributed by atoms with E-state index in [4.69, 9.17) is 0 Å². The van der Waals surface area contributed by atoms with Gasteiger partial charge in [-0.25, -0.2) is 0 Å². The predicted octanol–water partition coefficient (Wildman–Crippen LogP) is 3.34. The van der Waals surface area contributed by atoms with Gasteiger partial charge in [-0.1, -0.05) is 6.07 Å². The number of nitrogens with zero attached hydrogens (tertiary/aromatic N) is 4. The molecular weight excluding hydrogens is 337 g/mol. The Labute approximate surface area is 141 Å². The van der Waals surface area contributed by atoms with Gasteiger partial charge in [-0.15, -0.1) is 0 Å². The molecule has 0 N–H and O–H groups in total. The van der Waals surface area contributed by atoms with Gasteiger partial charge in [0.15, 0.2) is 6.20 Å². The van der Waals surface area contributed by atoms with Crippen molar-refractivity contribution in [3.63, 3.8) is 0 Å². The molecule has 6 nitrogen and oxygen atoms in total. The zero-order valence-corrected chi connectivity index (χ0v) is 13.1. The Kier molecular flexibility index (Phi) is 4.47. The number of anilines is 2. The van der Waals surface area contributed by atoms with Gasteiger partial charge in [0.05, 0.1) is 11.3 Å². The maximum Gasteiger partial charge on any atom is 0.416 e. The van der Waals surface area contributed by atoms with Gasteiger partial charge >= 0.3 is 12.0 Å². The van der Waals surface area contributed by atoms with Crippen LogP contribution < -0.4 is 9.80 Å². The lowest BCUT2D eigenvalue weighted by atomic mass is 10.1. The van der Waals surface area contributed by atoms with Crippen LogP contribution in [-0.2, 0) is 6.18 Å². The van der Waals surface area contributed by atoms with Crippen molar-refractivity contribution >= 4 is 17.2 Å². The lowest BCUT2D eigenvalue weighted by Gasteiger charge is -2.37. The molecule has 2 aromatic rings. The van der Waals surface area contributed by atoms with E-state index in [0.717, 1.165) is 17.8 Å². The Hall–Kier alpha value is -2.84. The number of benzene rings is 1. The summed E-state index contributed by atoms with van der Waals surface area (Å²) >= 11 is 0. The number of aromatic nitrogens is 1. The lowest BCUT2D eigenvalue weighted by molar-refractivity contribution is -0.389. The fourth-order valence-corrected chi connectivity index (χ4v) is 2.78. The van der Waals surface area contributed by atoms with Gasteiger partial charge in [-0.05, 0) is 34.2 Å². The number of pyridine rings is 1. The van der Waals surface area contributed by atoms with E-state index in [0.29, 0.717) is 31.9 Å². The first-order valence-electron chi connectivity index (χ1n) is 7.62. The van der Waals surface area contributed by atoms with E-state index in [2.05, 4.69) is 4.98 Å². The van der Waals surface area contributed by atoms with Gasteiger partial charge in [0.25, 0.3) is 0 Å². The molecule has 0 unspecified atom stereocenters. The zero-order chi connectivity index (χ0) is 18.0. The van der Waals surface area contributed by atoms with Gasteiger partial charge in [-0.2, -0.15) is 13.2 Å². The number of alkyl halides is 3. The average molecular weight is 352 g/mol. The van der Waals surface area contributed by atoms with Crippen LogP contribution in [0.2, 0.25) is 0 Å². The van der Waals surface area contributed by atoms with Crippen LogP contribution in [0.5, 0.6) is 0 Å². The minimum absolute atomic E-state index is 0.216. The Morgan fingerprint density at radius 2 is 1.64 bits per heavy atom. The molecule has 3 rings (SSSR count). The van der Waals surface area contributed by atoms with Crippen molar-refractivity contribution in [1.82, 2.24) is 4.98 Å². The van der Waals surface area contributed by atoms with E-state index in [1.807, 2.05) is 9.80 Å². The number of piperazine rings is 1. The molecule has 1 aromatic carbocycles. The third-order valence-electron chi connectivity index (χ3n) is 4.10. The highest BCUT2D eigenvalue weighted by atomic mass is 19.4. The molecule has 0 saturated carbocycles. The highest BCUT2D eigenvalue weighted by Crippen LogP contribution is 2.32. The summed E-state index contributed by atoms with van der Waals surface area (Å²) in [6, 6.07) is 8.26. The molecule has 0 aliphatic carbocycles. The number of halogens is 3. The SMILES string of the molecule is O=[N+]([O-])c1ccc(N2CCN(c3cccc(C(F)(F)F)c3)CC2)cn1. The largest absolute Gasteiger partial charge is 0.416 e. The number of rotatable bonds is 3. The second kappa shape index (κ2) is 6.58. The molecule has 0 bridgehead atoms. The van der Waals surface area contributed by atoms with Crippen molar-refractivity contribution in [3.8, 4) is 0 Å². The van der Waals surface area contributed by atoms with Gasteiger partial charge < -0.3 is 19.9 Å². The molecule has 0 radical (unpaired) electrons. The van der Waals surface area contributed by atoms with Crippen molar-refractivity contribution in [2.24, 2.45) is 0 Å². The zero-order valence-electron chi connectivity index (χ0n) is 13.1. The van der Waals surface area contributed by atoms with Gasteiger partial charge in [0.1, 0.15) is 0 Å². The second-order valence-corrected chi connectivity index (χ2v) is 5.65. The number of hydrogen-bond donors (Lipinski definition) is 0. The van der Waals surface area contributed by atoms with E-state index >= 15 is 0 Å². The van der Waals surface area contributed by atoms with E-state index in [9.17, 15) is 23.3 Å². The topological polar surface area (TPSA) is 62.5 Å². The first-order chi connectivity index (χ1) is 11.8. The molecule has 9 heteroatoms. The van der Waals surface area contributed by atoms with Crippen molar-refractivity contribution < 1.29 is 18.1 Å². The average Bonchev–Trinajstić information content (AvgIpc) is 2.61. The third kappa shape index (κ3) is 3.81. The van der Waals surface area contributed by atoms with Crippen LogP contribution in [-0.4, -0.2) is 36.1 Å². The Balaban J connectivity index is 1.67. The van der Waals surface area contributed by atoms with E-state index in [-0.39, 0.29) is 5.82 Å². The summed E-state index contributed by atoms with van der Waals surface area (Å²) in [5.74, 6) is -0.216. The molecule has 1 aromatic heterocycles. The summed E-state index contributed by atoms with van der Waals surface area (Å²) < 4.78 is 38.5.